The van der Waals surface area contributed by atoms with Crippen LogP contribution < -0.4 is 5.32 Å². The summed E-state index contributed by atoms with van der Waals surface area (Å²) >= 11 is 3.28. The molecule has 1 saturated heterocycles. The molecule has 0 atom stereocenters. The second kappa shape index (κ2) is 6.73. The fraction of sp³-hybridized carbons (Fsp3) is 0.571. The smallest absolute Gasteiger partial charge is 0.246 e. The molecule has 0 unspecified atom stereocenters. The van der Waals surface area contributed by atoms with Gasteiger partial charge >= 0.3 is 0 Å². The standard InChI is InChI=1S/C14H20BrFN2O2S/c1-10(2)17-9-11-7-12(15)8-13(14(11)16)21(19,20)18-5-3-4-6-18/h7-8,10,17H,3-6,9H2,1-2H3. The van der Waals surface area contributed by atoms with Crippen molar-refractivity contribution in [2.45, 2.75) is 44.2 Å². The molecule has 0 radical (unpaired) electrons. The van der Waals surface area contributed by atoms with Crippen molar-refractivity contribution in [3.05, 3.63) is 28.0 Å². The molecule has 1 aliphatic rings. The van der Waals surface area contributed by atoms with Crippen LogP contribution in [0.5, 0.6) is 0 Å². The second-order valence-corrected chi connectivity index (χ2v) is 8.35. The van der Waals surface area contributed by atoms with E-state index in [1.165, 1.54) is 10.4 Å². The number of nitrogens with zero attached hydrogens (tertiary/aromatic N) is 1. The summed E-state index contributed by atoms with van der Waals surface area (Å²) in [5, 5.41) is 3.11. The van der Waals surface area contributed by atoms with Gasteiger partial charge in [-0.25, -0.2) is 12.8 Å². The quantitative estimate of drug-likeness (QED) is 0.856. The van der Waals surface area contributed by atoms with E-state index in [9.17, 15) is 12.8 Å². The lowest BCUT2D eigenvalue weighted by molar-refractivity contribution is 0.466. The van der Waals surface area contributed by atoms with E-state index >= 15 is 0 Å². The Balaban J connectivity index is 2.39. The van der Waals surface area contributed by atoms with Gasteiger partial charge in [0.2, 0.25) is 10.0 Å². The fourth-order valence-electron chi connectivity index (χ4n) is 2.32. The average Bonchev–Trinajstić information content (AvgIpc) is 2.93. The lowest BCUT2D eigenvalue weighted by Gasteiger charge is -2.18. The highest BCUT2D eigenvalue weighted by molar-refractivity contribution is 9.10. The number of sulfonamides is 1. The fourth-order valence-corrected chi connectivity index (χ4v) is 4.62. The summed E-state index contributed by atoms with van der Waals surface area (Å²) in [6.07, 6.45) is 1.66. The number of nitrogens with one attached hydrogen (secondary N) is 1. The highest BCUT2D eigenvalue weighted by atomic mass is 79.9. The number of hydrogen-bond acceptors (Lipinski definition) is 3. The highest BCUT2D eigenvalue weighted by Crippen LogP contribution is 2.28. The molecule has 1 fully saturated rings. The Morgan fingerprint density at radius 1 is 1.33 bits per heavy atom. The summed E-state index contributed by atoms with van der Waals surface area (Å²) in [5.41, 5.74) is 0.357. The van der Waals surface area contributed by atoms with Gasteiger partial charge < -0.3 is 5.32 Å². The maximum Gasteiger partial charge on any atom is 0.246 e. The van der Waals surface area contributed by atoms with Crippen LogP contribution in [0.4, 0.5) is 4.39 Å². The summed E-state index contributed by atoms with van der Waals surface area (Å²) in [7, 11) is -3.75. The van der Waals surface area contributed by atoms with E-state index in [1.807, 2.05) is 13.8 Å². The van der Waals surface area contributed by atoms with E-state index in [2.05, 4.69) is 21.2 Å². The minimum atomic E-state index is -3.75. The Labute approximate surface area is 133 Å². The van der Waals surface area contributed by atoms with Gasteiger partial charge in [0.05, 0.1) is 0 Å². The molecule has 1 aromatic rings. The lowest BCUT2D eigenvalue weighted by Crippen LogP contribution is -2.29. The van der Waals surface area contributed by atoms with Crippen molar-refractivity contribution < 1.29 is 12.8 Å². The third-order valence-electron chi connectivity index (χ3n) is 3.46. The number of rotatable bonds is 5. The molecule has 0 bridgehead atoms. The van der Waals surface area contributed by atoms with Gasteiger partial charge in [0.15, 0.2) is 0 Å². The molecule has 118 valence electrons. The van der Waals surface area contributed by atoms with E-state index in [0.717, 1.165) is 12.8 Å². The Morgan fingerprint density at radius 2 is 1.95 bits per heavy atom. The summed E-state index contributed by atoms with van der Waals surface area (Å²) in [6, 6.07) is 3.16. The first-order chi connectivity index (χ1) is 9.82. The normalized spacial score (nSPS) is 16.8. The van der Waals surface area contributed by atoms with Crippen LogP contribution in [0.15, 0.2) is 21.5 Å². The first-order valence-electron chi connectivity index (χ1n) is 7.04. The third kappa shape index (κ3) is 3.83. The Hall–Kier alpha value is -0.500. The highest BCUT2D eigenvalue weighted by Gasteiger charge is 2.31. The minimum absolute atomic E-state index is 0.196. The molecule has 0 saturated carbocycles. The van der Waals surface area contributed by atoms with E-state index in [-0.39, 0.29) is 10.9 Å². The lowest BCUT2D eigenvalue weighted by atomic mass is 10.2. The van der Waals surface area contributed by atoms with Gasteiger partial charge in [-0.15, -0.1) is 0 Å². The molecule has 2 rings (SSSR count). The first kappa shape index (κ1) is 16.9. The van der Waals surface area contributed by atoms with Crippen molar-refractivity contribution in [3.63, 3.8) is 0 Å². The van der Waals surface area contributed by atoms with Gasteiger partial charge in [0, 0.05) is 35.7 Å². The van der Waals surface area contributed by atoms with E-state index in [0.29, 0.717) is 29.7 Å². The maximum absolute atomic E-state index is 14.6. The topological polar surface area (TPSA) is 49.4 Å². The Morgan fingerprint density at radius 3 is 2.52 bits per heavy atom. The number of hydrogen-bond donors (Lipinski definition) is 1. The van der Waals surface area contributed by atoms with Crippen molar-refractivity contribution in [1.29, 1.82) is 0 Å². The van der Waals surface area contributed by atoms with E-state index in [1.54, 1.807) is 6.07 Å². The largest absolute Gasteiger partial charge is 0.310 e. The van der Waals surface area contributed by atoms with E-state index in [4.69, 9.17) is 0 Å². The summed E-state index contributed by atoms with van der Waals surface area (Å²) in [4.78, 5) is -0.237. The molecular weight excluding hydrogens is 359 g/mol. The molecule has 0 aromatic heterocycles. The zero-order chi connectivity index (χ0) is 15.6. The minimum Gasteiger partial charge on any atom is -0.310 e. The molecule has 4 nitrogen and oxygen atoms in total. The van der Waals surface area contributed by atoms with Crippen molar-refractivity contribution in [2.75, 3.05) is 13.1 Å². The second-order valence-electron chi connectivity index (χ2n) is 5.52. The predicted molar refractivity (Wildman–Crippen MR) is 84.1 cm³/mol. The van der Waals surface area contributed by atoms with Crippen molar-refractivity contribution in [2.24, 2.45) is 0 Å². The van der Waals surface area contributed by atoms with Crippen LogP contribution in [0.3, 0.4) is 0 Å². The molecule has 0 amide bonds. The van der Waals surface area contributed by atoms with E-state index < -0.39 is 15.8 Å². The van der Waals surface area contributed by atoms with Gasteiger partial charge in [-0.3, -0.25) is 0 Å². The van der Waals surface area contributed by atoms with Gasteiger partial charge in [-0.2, -0.15) is 4.31 Å². The molecule has 0 spiro atoms. The molecule has 1 aromatic carbocycles. The zero-order valence-electron chi connectivity index (χ0n) is 12.2. The summed E-state index contributed by atoms with van der Waals surface area (Å²) in [5.74, 6) is -0.654. The van der Waals surface area contributed by atoms with Gasteiger partial charge in [-0.1, -0.05) is 29.8 Å². The first-order valence-corrected chi connectivity index (χ1v) is 9.27. The number of halogens is 2. The number of benzene rings is 1. The molecule has 7 heteroatoms. The SMILES string of the molecule is CC(C)NCc1cc(Br)cc(S(=O)(=O)N2CCCC2)c1F. The van der Waals surface area contributed by atoms with Crippen LogP contribution in [0.1, 0.15) is 32.3 Å². The zero-order valence-corrected chi connectivity index (χ0v) is 14.6. The van der Waals surface area contributed by atoms with Crippen LogP contribution in [0.25, 0.3) is 0 Å². The molecular formula is C14H20BrFN2O2S. The summed E-state index contributed by atoms with van der Waals surface area (Å²) < 4.78 is 41.6. The summed E-state index contributed by atoms with van der Waals surface area (Å²) in [6.45, 7) is 5.14. The average molecular weight is 379 g/mol. The molecule has 1 heterocycles. The maximum atomic E-state index is 14.6. The van der Waals surface area contributed by atoms with Gasteiger partial charge in [0.25, 0.3) is 0 Å². The van der Waals surface area contributed by atoms with Gasteiger partial charge in [-0.05, 0) is 25.0 Å². The van der Waals surface area contributed by atoms with Crippen LogP contribution in [0.2, 0.25) is 0 Å². The molecule has 1 aliphatic heterocycles. The van der Waals surface area contributed by atoms with Crippen LogP contribution >= 0.6 is 15.9 Å². The molecule has 21 heavy (non-hydrogen) atoms. The van der Waals surface area contributed by atoms with Crippen molar-refractivity contribution >= 4 is 26.0 Å². The molecule has 1 N–H and O–H groups in total. The van der Waals surface area contributed by atoms with Crippen molar-refractivity contribution in [3.8, 4) is 0 Å². The van der Waals surface area contributed by atoms with Crippen LogP contribution in [-0.2, 0) is 16.6 Å². The predicted octanol–water partition coefficient (Wildman–Crippen LogP) is 2.87. The Kier molecular flexibility index (Phi) is 5.40. The monoisotopic (exact) mass is 378 g/mol. The molecule has 0 aliphatic carbocycles. The Bertz CT molecular complexity index is 614. The van der Waals surface area contributed by atoms with Crippen LogP contribution in [0, 0.1) is 5.82 Å². The van der Waals surface area contributed by atoms with Crippen molar-refractivity contribution in [1.82, 2.24) is 9.62 Å². The van der Waals surface area contributed by atoms with Gasteiger partial charge in [0.1, 0.15) is 10.7 Å². The third-order valence-corrected chi connectivity index (χ3v) is 5.82. The van der Waals surface area contributed by atoms with Crippen LogP contribution in [-0.4, -0.2) is 31.9 Å².